The minimum absolute atomic E-state index is 0.00573. The van der Waals surface area contributed by atoms with Crippen molar-refractivity contribution in [2.75, 3.05) is 11.9 Å². The number of aryl methyl sites for hydroxylation is 1. The largest absolute Gasteiger partial charge is 0.345 e. The van der Waals surface area contributed by atoms with E-state index >= 15 is 0 Å². The summed E-state index contributed by atoms with van der Waals surface area (Å²) < 4.78 is 2.17. The summed E-state index contributed by atoms with van der Waals surface area (Å²) in [6.07, 6.45) is 8.25. The van der Waals surface area contributed by atoms with Gasteiger partial charge in [0.25, 0.3) is 0 Å². The van der Waals surface area contributed by atoms with Crippen molar-refractivity contribution in [3.63, 3.8) is 0 Å². The maximum Gasteiger partial charge on any atom is 0.322 e. The molecule has 0 saturated heterocycles. The van der Waals surface area contributed by atoms with Gasteiger partial charge in [0.1, 0.15) is 6.54 Å². The van der Waals surface area contributed by atoms with E-state index in [1.165, 1.54) is 6.42 Å². The van der Waals surface area contributed by atoms with Crippen LogP contribution in [0.25, 0.3) is 0 Å². The van der Waals surface area contributed by atoms with Crippen LogP contribution in [0.2, 0.25) is 5.02 Å². The molecule has 1 fully saturated rings. The van der Waals surface area contributed by atoms with E-state index in [1.54, 1.807) is 4.90 Å². The van der Waals surface area contributed by atoms with Crippen molar-refractivity contribution in [3.8, 4) is 0 Å². The van der Waals surface area contributed by atoms with Gasteiger partial charge in [-0.05, 0) is 81.0 Å². The van der Waals surface area contributed by atoms with Crippen molar-refractivity contribution in [1.82, 2.24) is 14.4 Å². The first-order valence-corrected chi connectivity index (χ1v) is 15.0. The number of anilines is 1. The second-order valence-electron chi connectivity index (χ2n) is 11.1. The number of halogens is 1. The van der Waals surface area contributed by atoms with Crippen LogP contribution in [0.5, 0.6) is 0 Å². The highest BCUT2D eigenvalue weighted by Crippen LogP contribution is 2.26. The number of hydrogen-bond acceptors (Lipinski definition) is 2. The van der Waals surface area contributed by atoms with Crippen LogP contribution in [0.15, 0.2) is 60.8 Å². The Bertz CT molecular complexity index is 1300. The average Bonchev–Trinajstić information content (AvgIpc) is 3.40. The number of benzene rings is 2. The summed E-state index contributed by atoms with van der Waals surface area (Å²) in [5.74, 6) is -0.00573. The minimum Gasteiger partial charge on any atom is -0.345 e. The summed E-state index contributed by atoms with van der Waals surface area (Å²) in [6, 6.07) is 17.7. The fourth-order valence-electron chi connectivity index (χ4n) is 5.50. The normalized spacial score (nSPS) is 14.5. The smallest absolute Gasteiger partial charge is 0.322 e. The molecule has 0 bridgehead atoms. The molecule has 1 atom stereocenters. The number of rotatable bonds is 10. The van der Waals surface area contributed by atoms with E-state index < -0.39 is 0 Å². The molecule has 6 nitrogen and oxygen atoms in total. The van der Waals surface area contributed by atoms with Crippen LogP contribution >= 0.6 is 11.6 Å². The van der Waals surface area contributed by atoms with Crippen molar-refractivity contribution >= 4 is 29.2 Å². The van der Waals surface area contributed by atoms with Gasteiger partial charge in [0.2, 0.25) is 5.91 Å². The quantitative estimate of drug-likeness (QED) is 0.274. The molecule has 40 heavy (non-hydrogen) atoms. The van der Waals surface area contributed by atoms with Gasteiger partial charge >= 0.3 is 6.03 Å². The third-order valence-electron chi connectivity index (χ3n) is 8.43. The zero-order valence-corrected chi connectivity index (χ0v) is 25.1. The monoisotopic (exact) mass is 562 g/mol. The average molecular weight is 563 g/mol. The molecule has 7 heteroatoms. The van der Waals surface area contributed by atoms with E-state index in [0.29, 0.717) is 13.1 Å². The van der Waals surface area contributed by atoms with Gasteiger partial charge in [0.05, 0.1) is 6.54 Å². The Labute approximate surface area is 244 Å². The number of hydrogen-bond donors (Lipinski definition) is 1. The topological polar surface area (TPSA) is 57.6 Å². The fraction of sp³-hybridized carbons (Fsp3) is 0.455. The number of nitrogens with zero attached hydrogens (tertiary/aromatic N) is 3. The lowest BCUT2D eigenvalue weighted by Crippen LogP contribution is -2.50. The Balaban J connectivity index is 1.55. The Morgan fingerprint density at radius 2 is 1.77 bits per heavy atom. The lowest BCUT2D eigenvalue weighted by Gasteiger charge is -2.37. The SMILES string of the molecule is CCC(C)N(CC(=O)N(Cc1cccn1Cc1ccccc1Cl)C1CCCCC1)C(=O)Nc1cccc(C)c1C. The first-order valence-electron chi connectivity index (χ1n) is 14.6. The Morgan fingerprint density at radius 3 is 2.50 bits per heavy atom. The summed E-state index contributed by atoms with van der Waals surface area (Å²) in [4.78, 5) is 31.3. The molecular formula is C33H43ClN4O2. The van der Waals surface area contributed by atoms with Crippen LogP contribution in [-0.4, -0.2) is 44.9 Å². The molecule has 214 valence electrons. The van der Waals surface area contributed by atoms with Crippen molar-refractivity contribution in [2.24, 2.45) is 0 Å². The van der Waals surface area contributed by atoms with Crippen molar-refractivity contribution in [3.05, 3.63) is 88.2 Å². The predicted octanol–water partition coefficient (Wildman–Crippen LogP) is 7.80. The van der Waals surface area contributed by atoms with Gasteiger partial charge in [-0.15, -0.1) is 0 Å². The van der Waals surface area contributed by atoms with Crippen molar-refractivity contribution in [2.45, 2.75) is 91.4 Å². The van der Waals surface area contributed by atoms with Crippen molar-refractivity contribution in [1.29, 1.82) is 0 Å². The molecule has 1 unspecified atom stereocenters. The Morgan fingerprint density at radius 1 is 1.02 bits per heavy atom. The van der Waals surface area contributed by atoms with Crippen molar-refractivity contribution < 1.29 is 9.59 Å². The molecule has 1 aliphatic carbocycles. The fourth-order valence-corrected chi connectivity index (χ4v) is 5.70. The number of urea groups is 1. The molecule has 1 saturated carbocycles. The van der Waals surface area contributed by atoms with E-state index in [1.807, 2.05) is 87.3 Å². The van der Waals surface area contributed by atoms with E-state index in [2.05, 4.69) is 16.0 Å². The van der Waals surface area contributed by atoms with Gasteiger partial charge in [-0.2, -0.15) is 0 Å². The number of amides is 3. The first-order chi connectivity index (χ1) is 19.3. The summed E-state index contributed by atoms with van der Waals surface area (Å²) >= 11 is 6.46. The number of carbonyl (C=O) groups excluding carboxylic acids is 2. The zero-order valence-electron chi connectivity index (χ0n) is 24.3. The van der Waals surface area contributed by atoms with E-state index in [0.717, 1.165) is 65.2 Å². The van der Waals surface area contributed by atoms with E-state index in [9.17, 15) is 9.59 Å². The van der Waals surface area contributed by atoms with Gasteiger partial charge in [-0.3, -0.25) is 4.79 Å². The van der Waals surface area contributed by atoms with Crippen LogP contribution in [0.3, 0.4) is 0 Å². The molecule has 3 amide bonds. The standard InChI is InChI=1S/C33H43ClN4O2/c1-5-25(3)37(33(40)35-31-19-11-13-24(2)26(31)4)23-32(39)38(28-15-7-6-8-16-28)22-29-17-12-20-36(29)21-27-14-9-10-18-30(27)34/h9-14,17-20,25,28H,5-8,15-16,21-23H2,1-4H3,(H,35,40). The molecule has 1 aliphatic rings. The lowest BCUT2D eigenvalue weighted by molar-refractivity contribution is -0.136. The molecular weight excluding hydrogens is 520 g/mol. The molecule has 0 aliphatic heterocycles. The highest BCUT2D eigenvalue weighted by atomic mass is 35.5. The second kappa shape index (κ2) is 13.9. The molecule has 1 heterocycles. The highest BCUT2D eigenvalue weighted by Gasteiger charge is 2.30. The summed E-state index contributed by atoms with van der Waals surface area (Å²) in [5.41, 5.74) is 5.05. The van der Waals surface area contributed by atoms with Crippen LogP contribution < -0.4 is 5.32 Å². The third-order valence-corrected chi connectivity index (χ3v) is 8.79. The summed E-state index contributed by atoms with van der Waals surface area (Å²) in [7, 11) is 0. The molecule has 2 aromatic carbocycles. The number of aromatic nitrogens is 1. The van der Waals surface area contributed by atoms with Gasteiger partial charge < -0.3 is 19.7 Å². The molecule has 0 spiro atoms. The first kappa shape index (κ1) is 29.7. The lowest BCUT2D eigenvalue weighted by atomic mass is 9.94. The Hall–Kier alpha value is -3.25. The van der Waals surface area contributed by atoms with Crippen LogP contribution in [0.4, 0.5) is 10.5 Å². The zero-order chi connectivity index (χ0) is 28.6. The maximum absolute atomic E-state index is 14.1. The van der Waals surface area contributed by atoms with E-state index in [-0.39, 0.29) is 30.6 Å². The highest BCUT2D eigenvalue weighted by molar-refractivity contribution is 6.31. The van der Waals surface area contributed by atoms with Gasteiger partial charge in [-0.1, -0.05) is 68.1 Å². The van der Waals surface area contributed by atoms with Crippen LogP contribution in [0.1, 0.15) is 74.8 Å². The molecule has 1 N–H and O–H groups in total. The van der Waals surface area contributed by atoms with Crippen LogP contribution in [0, 0.1) is 13.8 Å². The molecule has 1 aromatic heterocycles. The second-order valence-corrected chi connectivity index (χ2v) is 11.5. The summed E-state index contributed by atoms with van der Waals surface area (Å²) in [6.45, 7) is 9.30. The van der Waals surface area contributed by atoms with Gasteiger partial charge in [-0.25, -0.2) is 4.79 Å². The Kier molecular flexibility index (Phi) is 10.3. The minimum atomic E-state index is -0.234. The molecule has 4 rings (SSSR count). The van der Waals surface area contributed by atoms with Gasteiger partial charge in [0.15, 0.2) is 0 Å². The summed E-state index contributed by atoms with van der Waals surface area (Å²) in [5, 5.41) is 3.81. The van der Waals surface area contributed by atoms with Gasteiger partial charge in [0, 0.05) is 41.2 Å². The van der Waals surface area contributed by atoms with Crippen LogP contribution in [-0.2, 0) is 17.9 Å². The third kappa shape index (κ3) is 7.28. The maximum atomic E-state index is 14.1. The number of carbonyl (C=O) groups is 2. The molecule has 0 radical (unpaired) electrons. The van der Waals surface area contributed by atoms with E-state index in [4.69, 9.17) is 11.6 Å². The predicted molar refractivity (Wildman–Crippen MR) is 164 cm³/mol. The molecule has 3 aromatic rings. The number of nitrogens with one attached hydrogen (secondary N) is 1.